The number of nitrogens with two attached hydrogens (primary N) is 1. The van der Waals surface area contributed by atoms with Crippen LogP contribution in [0.1, 0.15) is 5.56 Å². The number of benzene rings is 1. The van der Waals surface area contributed by atoms with Gasteiger partial charge in [0.05, 0.1) is 29.3 Å². The molecule has 0 heterocycles. The zero-order chi connectivity index (χ0) is 10.7. The quantitative estimate of drug-likeness (QED) is 0.630. The highest BCUT2D eigenvalue weighted by Gasteiger charge is 2.10. The molecule has 76 valence electrons. The van der Waals surface area contributed by atoms with Gasteiger partial charge in [0.1, 0.15) is 0 Å². The lowest BCUT2D eigenvalue weighted by Crippen LogP contribution is -2.07. The van der Waals surface area contributed by atoms with E-state index in [9.17, 15) is 4.79 Å². The predicted octanol–water partition coefficient (Wildman–Crippen LogP) is 2.29. The van der Waals surface area contributed by atoms with Crippen molar-refractivity contribution in [2.45, 2.75) is 6.42 Å². The zero-order valence-electron chi connectivity index (χ0n) is 7.51. The molecule has 2 N–H and O–H groups in total. The van der Waals surface area contributed by atoms with E-state index in [1.165, 1.54) is 7.11 Å². The van der Waals surface area contributed by atoms with Crippen LogP contribution in [0.3, 0.4) is 0 Å². The fraction of sp³-hybridized carbons (Fsp3) is 0.222. The first kappa shape index (κ1) is 11.1. The standard InChI is InChI=1S/C9H9Cl2NO2/c1-14-7(13)4-5-2-3-6(10)8(11)9(5)12/h2-3H,4,12H2,1H3. The molecule has 1 aromatic rings. The summed E-state index contributed by atoms with van der Waals surface area (Å²) in [6, 6.07) is 3.25. The van der Waals surface area contributed by atoms with Crippen LogP contribution in [0.4, 0.5) is 5.69 Å². The number of carbonyl (C=O) groups excluding carboxylic acids is 1. The van der Waals surface area contributed by atoms with Gasteiger partial charge in [-0.25, -0.2) is 0 Å². The Labute approximate surface area is 91.7 Å². The van der Waals surface area contributed by atoms with Gasteiger partial charge in [-0.1, -0.05) is 29.3 Å². The molecule has 1 aromatic carbocycles. The van der Waals surface area contributed by atoms with Crippen molar-refractivity contribution in [3.63, 3.8) is 0 Å². The average Bonchev–Trinajstić information content (AvgIpc) is 2.19. The molecule has 0 aromatic heterocycles. The highest BCUT2D eigenvalue weighted by Crippen LogP contribution is 2.30. The van der Waals surface area contributed by atoms with E-state index in [2.05, 4.69) is 4.74 Å². The number of ether oxygens (including phenoxy) is 1. The summed E-state index contributed by atoms with van der Waals surface area (Å²) in [6.45, 7) is 0. The summed E-state index contributed by atoms with van der Waals surface area (Å²) in [4.78, 5) is 11.0. The summed E-state index contributed by atoms with van der Waals surface area (Å²) in [7, 11) is 1.32. The lowest BCUT2D eigenvalue weighted by Gasteiger charge is -2.07. The summed E-state index contributed by atoms with van der Waals surface area (Å²) in [5, 5.41) is 0.644. The van der Waals surface area contributed by atoms with E-state index in [0.717, 1.165) is 0 Å². The van der Waals surface area contributed by atoms with E-state index in [-0.39, 0.29) is 17.4 Å². The molecule has 0 amide bonds. The third kappa shape index (κ3) is 2.30. The van der Waals surface area contributed by atoms with Crippen molar-refractivity contribution in [3.05, 3.63) is 27.7 Å². The van der Waals surface area contributed by atoms with Crippen LogP contribution >= 0.6 is 23.2 Å². The minimum Gasteiger partial charge on any atom is -0.469 e. The molecule has 0 spiro atoms. The average molecular weight is 234 g/mol. The van der Waals surface area contributed by atoms with Gasteiger partial charge in [0.15, 0.2) is 0 Å². The summed E-state index contributed by atoms with van der Waals surface area (Å²) in [5.74, 6) is -0.366. The SMILES string of the molecule is COC(=O)Cc1ccc(Cl)c(Cl)c1N. The minimum atomic E-state index is -0.366. The van der Waals surface area contributed by atoms with E-state index in [4.69, 9.17) is 28.9 Å². The Morgan fingerprint density at radius 2 is 2.14 bits per heavy atom. The van der Waals surface area contributed by atoms with Crippen molar-refractivity contribution in [1.29, 1.82) is 0 Å². The van der Waals surface area contributed by atoms with Crippen LogP contribution < -0.4 is 5.73 Å². The fourth-order valence-electron chi connectivity index (χ4n) is 0.988. The smallest absolute Gasteiger partial charge is 0.310 e. The van der Waals surface area contributed by atoms with Crippen LogP contribution in [0.2, 0.25) is 10.0 Å². The molecule has 0 radical (unpaired) electrons. The first-order chi connectivity index (χ1) is 6.56. The molecule has 0 unspecified atom stereocenters. The number of methoxy groups -OCH3 is 1. The van der Waals surface area contributed by atoms with Crippen LogP contribution in [0.5, 0.6) is 0 Å². The maximum Gasteiger partial charge on any atom is 0.310 e. The fourth-order valence-corrected chi connectivity index (χ4v) is 1.34. The lowest BCUT2D eigenvalue weighted by molar-refractivity contribution is -0.139. The largest absolute Gasteiger partial charge is 0.469 e. The third-order valence-corrected chi connectivity index (χ3v) is 2.60. The Balaban J connectivity index is 3.00. The molecule has 1 rings (SSSR count). The second-order valence-electron chi connectivity index (χ2n) is 2.69. The van der Waals surface area contributed by atoms with Crippen LogP contribution in [-0.2, 0) is 16.0 Å². The molecule has 0 aliphatic heterocycles. The molecule has 0 fully saturated rings. The third-order valence-electron chi connectivity index (χ3n) is 1.79. The molecule has 0 saturated carbocycles. The highest BCUT2D eigenvalue weighted by atomic mass is 35.5. The van der Waals surface area contributed by atoms with Crippen LogP contribution in [0, 0.1) is 0 Å². The number of nitrogen functional groups attached to an aromatic ring is 1. The molecular formula is C9H9Cl2NO2. The Kier molecular flexibility index (Phi) is 3.61. The van der Waals surface area contributed by atoms with Gasteiger partial charge in [-0.05, 0) is 11.6 Å². The normalized spacial score (nSPS) is 9.93. The molecule has 0 aliphatic rings. The summed E-state index contributed by atoms with van der Waals surface area (Å²) >= 11 is 11.5. The second kappa shape index (κ2) is 4.53. The maximum absolute atomic E-state index is 11.0. The number of halogens is 2. The number of anilines is 1. The first-order valence-corrected chi connectivity index (χ1v) is 4.61. The molecule has 0 aliphatic carbocycles. The van der Waals surface area contributed by atoms with Crippen LogP contribution in [0.25, 0.3) is 0 Å². The predicted molar refractivity (Wildman–Crippen MR) is 56.6 cm³/mol. The summed E-state index contributed by atoms with van der Waals surface area (Å²) < 4.78 is 4.51. The number of esters is 1. The maximum atomic E-state index is 11.0. The van der Waals surface area contributed by atoms with Crippen LogP contribution in [0.15, 0.2) is 12.1 Å². The molecule has 0 saturated heterocycles. The van der Waals surface area contributed by atoms with E-state index in [1.807, 2.05) is 0 Å². The van der Waals surface area contributed by atoms with Crippen molar-refractivity contribution in [1.82, 2.24) is 0 Å². The van der Waals surface area contributed by atoms with Gasteiger partial charge in [-0.3, -0.25) is 4.79 Å². The van der Waals surface area contributed by atoms with Crippen molar-refractivity contribution in [2.24, 2.45) is 0 Å². The van der Waals surface area contributed by atoms with Gasteiger partial charge >= 0.3 is 5.97 Å². The van der Waals surface area contributed by atoms with Gasteiger partial charge in [-0.15, -0.1) is 0 Å². The zero-order valence-corrected chi connectivity index (χ0v) is 9.02. The topological polar surface area (TPSA) is 52.3 Å². The first-order valence-electron chi connectivity index (χ1n) is 3.85. The Morgan fingerprint density at radius 3 is 2.71 bits per heavy atom. The van der Waals surface area contributed by atoms with E-state index in [0.29, 0.717) is 16.3 Å². The Bertz CT molecular complexity index is 366. The van der Waals surface area contributed by atoms with Gasteiger partial charge < -0.3 is 10.5 Å². The van der Waals surface area contributed by atoms with Gasteiger partial charge in [0, 0.05) is 0 Å². The molecular weight excluding hydrogens is 225 g/mol. The second-order valence-corrected chi connectivity index (χ2v) is 3.47. The van der Waals surface area contributed by atoms with E-state index < -0.39 is 0 Å². The summed E-state index contributed by atoms with van der Waals surface area (Å²) in [5.41, 5.74) is 6.60. The number of hydrogen-bond donors (Lipinski definition) is 1. The molecule has 5 heteroatoms. The van der Waals surface area contributed by atoms with Crippen LogP contribution in [-0.4, -0.2) is 13.1 Å². The number of hydrogen-bond acceptors (Lipinski definition) is 3. The van der Waals surface area contributed by atoms with Gasteiger partial charge in [0.2, 0.25) is 0 Å². The van der Waals surface area contributed by atoms with Gasteiger partial charge in [0.25, 0.3) is 0 Å². The minimum absolute atomic E-state index is 0.0965. The van der Waals surface area contributed by atoms with Crippen molar-refractivity contribution in [3.8, 4) is 0 Å². The highest BCUT2D eigenvalue weighted by molar-refractivity contribution is 6.43. The van der Waals surface area contributed by atoms with E-state index in [1.54, 1.807) is 12.1 Å². The number of carbonyl (C=O) groups is 1. The summed E-state index contributed by atoms with van der Waals surface area (Å²) in [6.07, 6.45) is 0.0965. The van der Waals surface area contributed by atoms with Crippen molar-refractivity contribution >= 4 is 34.9 Å². The molecule has 0 bridgehead atoms. The number of rotatable bonds is 2. The van der Waals surface area contributed by atoms with E-state index >= 15 is 0 Å². The molecule has 0 atom stereocenters. The van der Waals surface area contributed by atoms with Crippen molar-refractivity contribution < 1.29 is 9.53 Å². The molecule has 3 nitrogen and oxygen atoms in total. The Morgan fingerprint density at radius 1 is 1.50 bits per heavy atom. The monoisotopic (exact) mass is 233 g/mol. The van der Waals surface area contributed by atoms with Crippen molar-refractivity contribution in [2.75, 3.05) is 12.8 Å². The lowest BCUT2D eigenvalue weighted by atomic mass is 10.1. The molecule has 14 heavy (non-hydrogen) atoms. The van der Waals surface area contributed by atoms with Gasteiger partial charge in [-0.2, -0.15) is 0 Å². The Hall–Kier alpha value is -0.930.